The maximum absolute atomic E-state index is 12.4. The fraction of sp³-hybridized carbons (Fsp3) is 0.0769. The Labute approximate surface area is 101 Å². The van der Waals surface area contributed by atoms with E-state index in [1.165, 1.54) is 12.1 Å². The topological polar surface area (TPSA) is 40.5 Å². The van der Waals surface area contributed by atoms with E-state index in [1.54, 1.807) is 12.1 Å². The Kier molecular flexibility index (Phi) is 2.90. The van der Waals surface area contributed by atoms with Crippen molar-refractivity contribution < 1.29 is 23.4 Å². The molecule has 0 saturated carbocycles. The predicted molar refractivity (Wildman–Crippen MR) is 60.2 cm³/mol. The molecule has 0 amide bonds. The standard InChI is InChI=1S/C13H9F3O2/c14-13(15,16)8-5-6-10(12(18)7-8)9-3-1-2-4-11(9)17/h1-7,17-18H. The first-order valence-corrected chi connectivity index (χ1v) is 5.08. The number of aromatic hydroxyl groups is 2. The first-order valence-electron chi connectivity index (χ1n) is 5.08. The van der Waals surface area contributed by atoms with E-state index in [2.05, 4.69) is 0 Å². The van der Waals surface area contributed by atoms with Crippen molar-refractivity contribution >= 4 is 0 Å². The lowest BCUT2D eigenvalue weighted by Gasteiger charge is -2.11. The van der Waals surface area contributed by atoms with Crippen LogP contribution in [0.2, 0.25) is 0 Å². The SMILES string of the molecule is Oc1ccccc1-c1ccc(C(F)(F)F)cc1O. The van der Waals surface area contributed by atoms with Crippen LogP contribution in [0, 0.1) is 0 Å². The second-order valence-corrected chi connectivity index (χ2v) is 3.75. The maximum Gasteiger partial charge on any atom is 0.416 e. The molecule has 0 bridgehead atoms. The van der Waals surface area contributed by atoms with Gasteiger partial charge >= 0.3 is 6.18 Å². The Hall–Kier alpha value is -2.17. The van der Waals surface area contributed by atoms with Gasteiger partial charge < -0.3 is 10.2 Å². The van der Waals surface area contributed by atoms with Gasteiger partial charge in [-0.3, -0.25) is 0 Å². The number of phenolic OH excluding ortho intramolecular Hbond substituents is 2. The van der Waals surface area contributed by atoms with Gasteiger partial charge in [0, 0.05) is 11.1 Å². The van der Waals surface area contributed by atoms with Crippen molar-refractivity contribution in [2.24, 2.45) is 0 Å². The summed E-state index contributed by atoms with van der Waals surface area (Å²) in [6, 6.07) is 8.74. The molecule has 0 unspecified atom stereocenters. The highest BCUT2D eigenvalue weighted by Crippen LogP contribution is 2.39. The van der Waals surface area contributed by atoms with Crippen LogP contribution in [0.1, 0.15) is 5.56 Å². The first-order chi connectivity index (χ1) is 8.39. The van der Waals surface area contributed by atoms with E-state index in [9.17, 15) is 23.4 Å². The molecule has 2 aromatic carbocycles. The van der Waals surface area contributed by atoms with E-state index >= 15 is 0 Å². The van der Waals surface area contributed by atoms with Gasteiger partial charge in [0.1, 0.15) is 11.5 Å². The largest absolute Gasteiger partial charge is 0.507 e. The minimum Gasteiger partial charge on any atom is -0.507 e. The van der Waals surface area contributed by atoms with E-state index in [-0.39, 0.29) is 16.9 Å². The second-order valence-electron chi connectivity index (χ2n) is 3.75. The monoisotopic (exact) mass is 254 g/mol. The molecule has 94 valence electrons. The summed E-state index contributed by atoms with van der Waals surface area (Å²) in [6.45, 7) is 0. The molecule has 2 aromatic rings. The summed E-state index contributed by atoms with van der Waals surface area (Å²) in [6.07, 6.45) is -4.51. The number of benzene rings is 2. The van der Waals surface area contributed by atoms with Crippen LogP contribution in [0.4, 0.5) is 13.2 Å². The van der Waals surface area contributed by atoms with Gasteiger partial charge in [-0.05, 0) is 24.3 Å². The van der Waals surface area contributed by atoms with Crippen LogP contribution in [-0.4, -0.2) is 10.2 Å². The van der Waals surface area contributed by atoms with E-state index in [0.717, 1.165) is 12.1 Å². The molecule has 0 heterocycles. The number of hydrogen-bond acceptors (Lipinski definition) is 2. The lowest BCUT2D eigenvalue weighted by molar-refractivity contribution is -0.137. The zero-order valence-electron chi connectivity index (χ0n) is 9.07. The zero-order valence-corrected chi connectivity index (χ0v) is 9.07. The van der Waals surface area contributed by atoms with Crippen LogP contribution in [0.3, 0.4) is 0 Å². The van der Waals surface area contributed by atoms with Crippen molar-refractivity contribution in [3.63, 3.8) is 0 Å². The molecule has 0 spiro atoms. The third kappa shape index (κ3) is 2.25. The molecule has 2 rings (SSSR count). The third-order valence-electron chi connectivity index (χ3n) is 2.52. The Balaban J connectivity index is 2.52. The Bertz CT molecular complexity index is 577. The summed E-state index contributed by atoms with van der Waals surface area (Å²) in [5.41, 5.74) is -0.496. The van der Waals surface area contributed by atoms with Gasteiger partial charge in [-0.15, -0.1) is 0 Å². The summed E-state index contributed by atoms with van der Waals surface area (Å²) >= 11 is 0. The number of phenols is 2. The molecule has 0 fully saturated rings. The number of alkyl halides is 3. The molecule has 0 aliphatic heterocycles. The van der Waals surface area contributed by atoms with E-state index < -0.39 is 17.5 Å². The van der Waals surface area contributed by atoms with Crippen molar-refractivity contribution in [2.75, 3.05) is 0 Å². The van der Waals surface area contributed by atoms with Crippen LogP contribution >= 0.6 is 0 Å². The highest BCUT2D eigenvalue weighted by atomic mass is 19.4. The molecule has 5 heteroatoms. The number of hydrogen-bond donors (Lipinski definition) is 2. The van der Waals surface area contributed by atoms with Crippen molar-refractivity contribution in [3.05, 3.63) is 48.0 Å². The molecule has 0 aliphatic rings. The number of halogens is 3. The normalized spacial score (nSPS) is 11.5. The number of para-hydroxylation sites is 1. The van der Waals surface area contributed by atoms with Gasteiger partial charge in [-0.2, -0.15) is 13.2 Å². The average Bonchev–Trinajstić information content (AvgIpc) is 2.29. The van der Waals surface area contributed by atoms with Crippen LogP contribution in [0.25, 0.3) is 11.1 Å². The lowest BCUT2D eigenvalue weighted by atomic mass is 10.0. The van der Waals surface area contributed by atoms with Gasteiger partial charge in [0.2, 0.25) is 0 Å². The van der Waals surface area contributed by atoms with Crippen LogP contribution in [0.5, 0.6) is 11.5 Å². The Morgan fingerprint density at radius 3 is 1.94 bits per heavy atom. The van der Waals surface area contributed by atoms with E-state index in [4.69, 9.17) is 0 Å². The van der Waals surface area contributed by atoms with Gasteiger partial charge in [0.25, 0.3) is 0 Å². The molecule has 0 saturated heterocycles. The first kappa shape index (κ1) is 12.3. The minimum absolute atomic E-state index is 0.104. The number of rotatable bonds is 1. The summed E-state index contributed by atoms with van der Waals surface area (Å²) in [4.78, 5) is 0. The summed E-state index contributed by atoms with van der Waals surface area (Å²) in [5.74, 6) is -0.626. The minimum atomic E-state index is -4.51. The average molecular weight is 254 g/mol. The van der Waals surface area contributed by atoms with Gasteiger partial charge in [-0.1, -0.05) is 18.2 Å². The lowest BCUT2D eigenvalue weighted by Crippen LogP contribution is -2.04. The fourth-order valence-electron chi connectivity index (χ4n) is 1.64. The molecule has 18 heavy (non-hydrogen) atoms. The van der Waals surface area contributed by atoms with Crippen molar-refractivity contribution in [1.82, 2.24) is 0 Å². The molecule has 0 aliphatic carbocycles. The molecule has 0 radical (unpaired) electrons. The fourth-order valence-corrected chi connectivity index (χ4v) is 1.64. The van der Waals surface area contributed by atoms with Gasteiger partial charge in [0.15, 0.2) is 0 Å². The quantitative estimate of drug-likeness (QED) is 0.812. The Morgan fingerprint density at radius 2 is 1.39 bits per heavy atom. The van der Waals surface area contributed by atoms with Crippen molar-refractivity contribution in [1.29, 1.82) is 0 Å². The highest BCUT2D eigenvalue weighted by molar-refractivity contribution is 5.75. The van der Waals surface area contributed by atoms with Crippen LogP contribution in [0.15, 0.2) is 42.5 Å². The van der Waals surface area contributed by atoms with Gasteiger partial charge in [-0.25, -0.2) is 0 Å². The predicted octanol–water partition coefficient (Wildman–Crippen LogP) is 3.78. The van der Waals surface area contributed by atoms with Crippen LogP contribution < -0.4 is 0 Å². The van der Waals surface area contributed by atoms with E-state index in [1.807, 2.05) is 0 Å². The molecule has 0 aromatic heterocycles. The smallest absolute Gasteiger partial charge is 0.416 e. The third-order valence-corrected chi connectivity index (χ3v) is 2.52. The molecule has 0 atom stereocenters. The maximum atomic E-state index is 12.4. The summed E-state index contributed by atoms with van der Waals surface area (Å²) in [7, 11) is 0. The molecular weight excluding hydrogens is 245 g/mol. The van der Waals surface area contributed by atoms with Gasteiger partial charge in [0.05, 0.1) is 5.56 Å². The highest BCUT2D eigenvalue weighted by Gasteiger charge is 2.31. The molecule has 2 nitrogen and oxygen atoms in total. The summed E-state index contributed by atoms with van der Waals surface area (Å²) in [5, 5.41) is 19.2. The van der Waals surface area contributed by atoms with E-state index in [0.29, 0.717) is 6.07 Å². The van der Waals surface area contributed by atoms with Crippen molar-refractivity contribution in [2.45, 2.75) is 6.18 Å². The molecular formula is C13H9F3O2. The van der Waals surface area contributed by atoms with Crippen molar-refractivity contribution in [3.8, 4) is 22.6 Å². The summed E-state index contributed by atoms with van der Waals surface area (Å²) < 4.78 is 37.3. The van der Waals surface area contributed by atoms with Crippen LogP contribution in [-0.2, 0) is 6.18 Å². The molecule has 2 N–H and O–H groups in total. The Morgan fingerprint density at radius 1 is 0.778 bits per heavy atom. The second kappa shape index (κ2) is 4.25. The zero-order chi connectivity index (χ0) is 13.3.